The third-order valence-corrected chi connectivity index (χ3v) is 8.69. The number of carbonyl (C=O) groups excluding carboxylic acids is 1. The molecule has 1 aliphatic heterocycles. The molecule has 6 nitrogen and oxygen atoms in total. The van der Waals surface area contributed by atoms with E-state index >= 15 is 0 Å². The van der Waals surface area contributed by atoms with Gasteiger partial charge in [0, 0.05) is 31.0 Å². The fraction of sp³-hybridized carbons (Fsp3) is 0.500. The number of carboxylic acid groups (broad SMARTS) is 1. The number of nitrogens with zero attached hydrogens (tertiary/aromatic N) is 1. The Hall–Kier alpha value is -3.02. The molecular formula is C28H33N3O3. The lowest BCUT2D eigenvalue weighted by Crippen LogP contribution is -2.51. The average molecular weight is 460 g/mol. The van der Waals surface area contributed by atoms with Crippen molar-refractivity contribution in [3.05, 3.63) is 59.2 Å². The molecule has 2 amide bonds. The number of anilines is 2. The fourth-order valence-electron chi connectivity index (χ4n) is 7.63. The number of hydrogen-bond acceptors (Lipinski definition) is 3. The van der Waals surface area contributed by atoms with Crippen LogP contribution in [-0.4, -0.2) is 30.2 Å². The second kappa shape index (κ2) is 8.33. The molecule has 0 aromatic heterocycles. The minimum absolute atomic E-state index is 0.0935. The van der Waals surface area contributed by atoms with Crippen LogP contribution in [0.5, 0.6) is 0 Å². The quantitative estimate of drug-likeness (QED) is 0.549. The summed E-state index contributed by atoms with van der Waals surface area (Å²) in [4.78, 5) is 26.1. The highest BCUT2D eigenvalue weighted by Gasteiger charge is 2.50. The predicted octanol–water partition coefficient (Wildman–Crippen LogP) is 5.29. The van der Waals surface area contributed by atoms with Gasteiger partial charge in [-0.15, -0.1) is 0 Å². The van der Waals surface area contributed by atoms with Crippen LogP contribution in [0.4, 0.5) is 16.2 Å². The molecule has 7 rings (SSSR count). The third-order valence-electron chi connectivity index (χ3n) is 8.69. The highest BCUT2D eigenvalue weighted by molar-refractivity contribution is 5.90. The first kappa shape index (κ1) is 21.5. The number of nitrogens with one attached hydrogen (secondary N) is 2. The van der Waals surface area contributed by atoms with Crippen LogP contribution in [0, 0.1) is 23.2 Å². The minimum Gasteiger partial charge on any atom is -0.478 e. The van der Waals surface area contributed by atoms with Crippen molar-refractivity contribution < 1.29 is 14.7 Å². The van der Waals surface area contributed by atoms with Gasteiger partial charge >= 0.3 is 12.0 Å². The second-order valence-corrected chi connectivity index (χ2v) is 11.2. The van der Waals surface area contributed by atoms with Gasteiger partial charge in [0.25, 0.3) is 0 Å². The van der Waals surface area contributed by atoms with E-state index in [-0.39, 0.29) is 6.03 Å². The Kier molecular flexibility index (Phi) is 5.27. The van der Waals surface area contributed by atoms with Crippen LogP contribution in [0.15, 0.2) is 42.5 Å². The molecular weight excluding hydrogens is 426 g/mol. The van der Waals surface area contributed by atoms with Crippen LogP contribution in [0.25, 0.3) is 0 Å². The summed E-state index contributed by atoms with van der Waals surface area (Å²) in [6, 6.07) is 13.1. The Labute approximate surface area is 200 Å². The SMILES string of the molecule is O=C(NCC12CC3CC(CC(C3)C1)C2)Nc1ccc2c(c1)CCN2Cc1ccc(C(=O)O)cc1. The highest BCUT2D eigenvalue weighted by atomic mass is 16.4. The van der Waals surface area contributed by atoms with Gasteiger partial charge in [-0.3, -0.25) is 0 Å². The Bertz CT molecular complexity index is 1080. The first-order valence-corrected chi connectivity index (χ1v) is 12.7. The Morgan fingerprint density at radius 3 is 2.29 bits per heavy atom. The van der Waals surface area contributed by atoms with Gasteiger partial charge in [-0.2, -0.15) is 0 Å². The average Bonchev–Trinajstić information content (AvgIpc) is 3.19. The molecule has 1 heterocycles. The number of hydrogen-bond donors (Lipinski definition) is 3. The van der Waals surface area contributed by atoms with Crippen molar-refractivity contribution in [3.8, 4) is 0 Å². The maximum atomic E-state index is 12.7. The summed E-state index contributed by atoms with van der Waals surface area (Å²) in [5.41, 5.74) is 5.00. The topological polar surface area (TPSA) is 81.7 Å². The monoisotopic (exact) mass is 459 g/mol. The summed E-state index contributed by atoms with van der Waals surface area (Å²) in [6.07, 6.45) is 9.10. The molecule has 34 heavy (non-hydrogen) atoms. The van der Waals surface area contributed by atoms with Gasteiger partial charge in [0.2, 0.25) is 0 Å². The summed E-state index contributed by atoms with van der Waals surface area (Å²) in [5, 5.41) is 15.4. The van der Waals surface area contributed by atoms with Gasteiger partial charge in [-0.1, -0.05) is 12.1 Å². The molecule has 0 unspecified atom stereocenters. The van der Waals surface area contributed by atoms with Crippen LogP contribution in [0.3, 0.4) is 0 Å². The van der Waals surface area contributed by atoms with Crippen molar-refractivity contribution >= 4 is 23.4 Å². The second-order valence-electron chi connectivity index (χ2n) is 11.2. The molecule has 0 saturated heterocycles. The molecule has 4 fully saturated rings. The van der Waals surface area contributed by atoms with Crippen molar-refractivity contribution in [1.82, 2.24) is 5.32 Å². The lowest BCUT2D eigenvalue weighted by atomic mass is 9.49. The van der Waals surface area contributed by atoms with E-state index in [1.807, 2.05) is 18.2 Å². The van der Waals surface area contributed by atoms with Crippen LogP contribution in [-0.2, 0) is 13.0 Å². The van der Waals surface area contributed by atoms with Gasteiger partial charge in [0.15, 0.2) is 0 Å². The smallest absolute Gasteiger partial charge is 0.335 e. The van der Waals surface area contributed by atoms with Crippen LogP contribution < -0.4 is 15.5 Å². The summed E-state index contributed by atoms with van der Waals surface area (Å²) in [6.45, 7) is 2.46. The largest absolute Gasteiger partial charge is 0.478 e. The molecule has 0 spiro atoms. The Morgan fingerprint density at radius 2 is 1.65 bits per heavy atom. The highest BCUT2D eigenvalue weighted by Crippen LogP contribution is 2.59. The molecule has 3 N–H and O–H groups in total. The molecule has 0 atom stereocenters. The molecule has 0 radical (unpaired) electrons. The zero-order valence-corrected chi connectivity index (χ0v) is 19.6. The summed E-state index contributed by atoms with van der Waals surface area (Å²) in [5.74, 6) is 1.78. The molecule has 5 aliphatic rings. The van der Waals surface area contributed by atoms with Crippen molar-refractivity contribution in [1.29, 1.82) is 0 Å². The fourth-order valence-corrected chi connectivity index (χ4v) is 7.63. The van der Waals surface area contributed by atoms with Gasteiger partial charge in [-0.05, 0) is 110 Å². The molecule has 4 bridgehead atoms. The number of benzene rings is 2. The number of fused-ring (bicyclic) bond motifs is 1. The van der Waals surface area contributed by atoms with Crippen LogP contribution in [0.1, 0.15) is 60.0 Å². The molecule has 6 heteroatoms. The zero-order chi connectivity index (χ0) is 23.3. The van der Waals surface area contributed by atoms with E-state index in [1.165, 1.54) is 49.8 Å². The van der Waals surface area contributed by atoms with E-state index in [4.69, 9.17) is 5.11 Å². The maximum Gasteiger partial charge on any atom is 0.335 e. The summed E-state index contributed by atoms with van der Waals surface area (Å²) < 4.78 is 0. The number of urea groups is 1. The van der Waals surface area contributed by atoms with E-state index in [0.29, 0.717) is 11.0 Å². The van der Waals surface area contributed by atoms with E-state index in [9.17, 15) is 9.59 Å². The summed E-state index contributed by atoms with van der Waals surface area (Å²) >= 11 is 0. The first-order chi connectivity index (χ1) is 16.4. The number of carbonyl (C=O) groups is 2. The van der Waals surface area contributed by atoms with Gasteiger partial charge in [0.05, 0.1) is 5.56 Å². The number of aromatic carboxylic acids is 1. The minimum atomic E-state index is -0.903. The third kappa shape index (κ3) is 4.15. The zero-order valence-electron chi connectivity index (χ0n) is 19.6. The van der Waals surface area contributed by atoms with Crippen molar-refractivity contribution in [2.24, 2.45) is 23.2 Å². The van der Waals surface area contributed by atoms with Crippen molar-refractivity contribution in [3.63, 3.8) is 0 Å². The van der Waals surface area contributed by atoms with Gasteiger partial charge < -0.3 is 20.6 Å². The Morgan fingerprint density at radius 1 is 0.971 bits per heavy atom. The maximum absolute atomic E-state index is 12.7. The standard InChI is InChI=1S/C28H33N3O3/c32-26(33)22-3-1-18(2-4-22)16-31-8-7-23-12-24(5-6-25(23)31)30-27(34)29-17-28-13-19-9-20(14-28)11-21(10-19)15-28/h1-6,12,19-21H,7-11,13-17H2,(H,32,33)(H2,29,30,34). The lowest BCUT2D eigenvalue weighted by Gasteiger charge is -2.56. The number of amides is 2. The molecule has 4 saturated carbocycles. The van der Waals surface area contributed by atoms with E-state index in [0.717, 1.165) is 55.1 Å². The molecule has 178 valence electrons. The predicted molar refractivity (Wildman–Crippen MR) is 132 cm³/mol. The van der Waals surface area contributed by atoms with E-state index < -0.39 is 5.97 Å². The van der Waals surface area contributed by atoms with Crippen molar-refractivity contribution in [2.45, 2.75) is 51.5 Å². The van der Waals surface area contributed by atoms with Crippen LogP contribution >= 0.6 is 0 Å². The number of rotatable bonds is 6. The number of carboxylic acids is 1. The van der Waals surface area contributed by atoms with Crippen LogP contribution in [0.2, 0.25) is 0 Å². The summed E-state index contributed by atoms with van der Waals surface area (Å²) in [7, 11) is 0. The van der Waals surface area contributed by atoms with Crippen molar-refractivity contribution in [2.75, 3.05) is 23.3 Å². The normalized spacial score (nSPS) is 28.6. The van der Waals surface area contributed by atoms with E-state index in [2.05, 4.69) is 27.7 Å². The van der Waals surface area contributed by atoms with E-state index in [1.54, 1.807) is 12.1 Å². The molecule has 2 aromatic carbocycles. The molecule has 2 aromatic rings. The Balaban J connectivity index is 1.05. The van der Waals surface area contributed by atoms with Gasteiger partial charge in [-0.25, -0.2) is 9.59 Å². The lowest BCUT2D eigenvalue weighted by molar-refractivity contribution is -0.0496. The van der Waals surface area contributed by atoms with Gasteiger partial charge in [0.1, 0.15) is 0 Å². The molecule has 4 aliphatic carbocycles. The first-order valence-electron chi connectivity index (χ1n) is 12.7.